The zero-order valence-corrected chi connectivity index (χ0v) is 15.2. The van der Waals surface area contributed by atoms with Gasteiger partial charge in [0, 0.05) is 64.8 Å². The van der Waals surface area contributed by atoms with Crippen LogP contribution < -0.4 is 10.6 Å². The molecule has 2 fully saturated rings. The van der Waals surface area contributed by atoms with Crippen LogP contribution in [-0.4, -0.2) is 78.1 Å². The highest BCUT2D eigenvalue weighted by atomic mass is 15.3. The van der Waals surface area contributed by atoms with Gasteiger partial charge in [-0.05, 0) is 25.3 Å². The summed E-state index contributed by atoms with van der Waals surface area (Å²) in [6.45, 7) is 8.14. The van der Waals surface area contributed by atoms with E-state index in [0.29, 0.717) is 0 Å². The van der Waals surface area contributed by atoms with Gasteiger partial charge in [0.1, 0.15) is 0 Å². The molecule has 0 aromatic carbocycles. The van der Waals surface area contributed by atoms with Crippen molar-refractivity contribution in [2.75, 3.05) is 57.3 Å². The Balaban J connectivity index is 1.34. The van der Waals surface area contributed by atoms with Gasteiger partial charge < -0.3 is 15.5 Å². The first kappa shape index (κ1) is 17.9. The van der Waals surface area contributed by atoms with Crippen LogP contribution in [0.4, 0.5) is 5.95 Å². The van der Waals surface area contributed by atoms with Gasteiger partial charge in [0.15, 0.2) is 5.96 Å². The molecule has 2 N–H and O–H groups in total. The molecule has 3 rings (SSSR count). The molecule has 2 saturated heterocycles. The summed E-state index contributed by atoms with van der Waals surface area (Å²) in [4.78, 5) is 20.3. The van der Waals surface area contributed by atoms with Gasteiger partial charge in [0.2, 0.25) is 5.95 Å². The predicted octanol–water partition coefficient (Wildman–Crippen LogP) is 1.18. The van der Waals surface area contributed by atoms with Crippen LogP contribution in [0.3, 0.4) is 0 Å². The Morgan fingerprint density at radius 1 is 0.960 bits per heavy atom. The molecule has 0 saturated carbocycles. The number of nitrogens with zero attached hydrogens (tertiary/aromatic N) is 6. The summed E-state index contributed by atoms with van der Waals surface area (Å²) in [6, 6.07) is 1.86. The number of hydrogen-bond donors (Lipinski definition) is 1. The van der Waals surface area contributed by atoms with Crippen LogP contribution in [0.2, 0.25) is 0 Å². The highest BCUT2D eigenvalue weighted by Gasteiger charge is 2.18. The topological polar surface area (TPSA) is 73.9 Å². The molecule has 138 valence electrons. The molecule has 0 unspecified atom stereocenters. The number of likely N-dealkylation sites (tertiary alicyclic amines) is 1. The van der Waals surface area contributed by atoms with Crippen molar-refractivity contribution in [2.45, 2.75) is 32.1 Å². The second-order valence-electron chi connectivity index (χ2n) is 6.87. The molecule has 0 atom stereocenters. The highest BCUT2D eigenvalue weighted by Crippen LogP contribution is 2.10. The van der Waals surface area contributed by atoms with E-state index in [-0.39, 0.29) is 0 Å². The van der Waals surface area contributed by atoms with E-state index >= 15 is 0 Å². The molecule has 0 spiro atoms. The second kappa shape index (κ2) is 9.56. The Hall–Kier alpha value is -1.89. The third-order valence-corrected chi connectivity index (χ3v) is 5.04. The SMILES string of the molecule is NC(=NCCCN1CCN(c2ncccn2)CC1)N1CCCCCC1. The number of aliphatic imine (C=N–C) groups is 1. The highest BCUT2D eigenvalue weighted by molar-refractivity contribution is 5.78. The quantitative estimate of drug-likeness (QED) is 0.491. The largest absolute Gasteiger partial charge is 0.370 e. The molecule has 1 aromatic heterocycles. The van der Waals surface area contributed by atoms with Crippen LogP contribution >= 0.6 is 0 Å². The van der Waals surface area contributed by atoms with Gasteiger partial charge in [0.25, 0.3) is 0 Å². The number of guanidine groups is 1. The van der Waals surface area contributed by atoms with Gasteiger partial charge in [-0.2, -0.15) is 0 Å². The summed E-state index contributed by atoms with van der Waals surface area (Å²) in [5.41, 5.74) is 6.16. The molecule has 2 aliphatic rings. The number of nitrogens with two attached hydrogens (primary N) is 1. The first-order valence-electron chi connectivity index (χ1n) is 9.62. The van der Waals surface area contributed by atoms with Crippen molar-refractivity contribution in [3.8, 4) is 0 Å². The minimum Gasteiger partial charge on any atom is -0.370 e. The van der Waals surface area contributed by atoms with Crippen molar-refractivity contribution in [1.82, 2.24) is 19.8 Å². The molecule has 2 aliphatic heterocycles. The van der Waals surface area contributed by atoms with Crippen molar-refractivity contribution in [3.63, 3.8) is 0 Å². The maximum atomic E-state index is 6.16. The first-order valence-corrected chi connectivity index (χ1v) is 9.62. The number of anilines is 1. The van der Waals surface area contributed by atoms with Gasteiger partial charge >= 0.3 is 0 Å². The number of piperazine rings is 1. The molecule has 0 aliphatic carbocycles. The standard InChI is InChI=1S/C18H31N7/c19-17(24-11-3-1-2-4-12-24)20-9-6-10-23-13-15-25(16-14-23)18-21-7-5-8-22-18/h5,7-8H,1-4,6,9-16H2,(H2,19,20). The van der Waals surface area contributed by atoms with E-state index in [1.807, 2.05) is 6.07 Å². The van der Waals surface area contributed by atoms with E-state index in [1.165, 1.54) is 25.7 Å². The van der Waals surface area contributed by atoms with Gasteiger partial charge in [-0.15, -0.1) is 0 Å². The third-order valence-electron chi connectivity index (χ3n) is 5.04. The third kappa shape index (κ3) is 5.56. The number of aromatic nitrogens is 2. The van der Waals surface area contributed by atoms with E-state index in [2.05, 4.69) is 29.7 Å². The monoisotopic (exact) mass is 345 g/mol. The Morgan fingerprint density at radius 2 is 1.64 bits per heavy atom. The molecule has 1 aromatic rings. The average molecular weight is 345 g/mol. The molecule has 7 heteroatoms. The maximum absolute atomic E-state index is 6.16. The van der Waals surface area contributed by atoms with E-state index in [9.17, 15) is 0 Å². The normalized spacial score (nSPS) is 20.6. The molecule has 7 nitrogen and oxygen atoms in total. The number of rotatable bonds is 5. The van der Waals surface area contributed by atoms with Crippen LogP contribution in [-0.2, 0) is 0 Å². The van der Waals surface area contributed by atoms with Gasteiger partial charge in [-0.3, -0.25) is 9.89 Å². The van der Waals surface area contributed by atoms with Crippen molar-refractivity contribution >= 4 is 11.9 Å². The molecule has 0 bridgehead atoms. The van der Waals surface area contributed by atoms with Crippen LogP contribution in [0.5, 0.6) is 0 Å². The van der Waals surface area contributed by atoms with Gasteiger partial charge in [-0.25, -0.2) is 9.97 Å². The smallest absolute Gasteiger partial charge is 0.225 e. The lowest BCUT2D eigenvalue weighted by atomic mass is 10.2. The van der Waals surface area contributed by atoms with Crippen LogP contribution in [0.25, 0.3) is 0 Å². The number of hydrogen-bond acceptors (Lipinski definition) is 5. The van der Waals surface area contributed by atoms with Crippen molar-refractivity contribution in [1.29, 1.82) is 0 Å². The van der Waals surface area contributed by atoms with Crippen molar-refractivity contribution in [2.24, 2.45) is 10.7 Å². The Morgan fingerprint density at radius 3 is 2.32 bits per heavy atom. The lowest BCUT2D eigenvalue weighted by Crippen LogP contribution is -2.47. The minimum atomic E-state index is 0.743. The average Bonchev–Trinajstić information content (AvgIpc) is 2.96. The molecule has 0 radical (unpaired) electrons. The molecule has 0 amide bonds. The summed E-state index contributed by atoms with van der Waals surface area (Å²) in [6.07, 6.45) is 9.81. The zero-order chi connectivity index (χ0) is 17.3. The van der Waals surface area contributed by atoms with E-state index < -0.39 is 0 Å². The summed E-state index contributed by atoms with van der Waals surface area (Å²) >= 11 is 0. The summed E-state index contributed by atoms with van der Waals surface area (Å²) in [5.74, 6) is 1.59. The summed E-state index contributed by atoms with van der Waals surface area (Å²) < 4.78 is 0. The Bertz CT molecular complexity index is 517. The molecular formula is C18H31N7. The van der Waals surface area contributed by atoms with E-state index in [4.69, 9.17) is 5.73 Å². The van der Waals surface area contributed by atoms with Crippen LogP contribution in [0.15, 0.2) is 23.5 Å². The van der Waals surface area contributed by atoms with Crippen molar-refractivity contribution < 1.29 is 0 Å². The maximum Gasteiger partial charge on any atom is 0.225 e. The lowest BCUT2D eigenvalue weighted by molar-refractivity contribution is 0.255. The Kier molecular flexibility index (Phi) is 6.85. The van der Waals surface area contributed by atoms with Gasteiger partial charge in [0.05, 0.1) is 0 Å². The fourth-order valence-electron chi connectivity index (χ4n) is 3.51. The second-order valence-corrected chi connectivity index (χ2v) is 6.87. The summed E-state index contributed by atoms with van der Waals surface area (Å²) in [5, 5.41) is 0. The molecule has 25 heavy (non-hydrogen) atoms. The van der Waals surface area contributed by atoms with E-state index in [1.54, 1.807) is 12.4 Å². The van der Waals surface area contributed by atoms with Gasteiger partial charge in [-0.1, -0.05) is 12.8 Å². The summed E-state index contributed by atoms with van der Waals surface area (Å²) in [7, 11) is 0. The van der Waals surface area contributed by atoms with Crippen molar-refractivity contribution in [3.05, 3.63) is 18.5 Å². The van der Waals surface area contributed by atoms with E-state index in [0.717, 1.165) is 70.7 Å². The molecule has 3 heterocycles. The fraction of sp³-hybridized carbons (Fsp3) is 0.722. The molecular weight excluding hydrogens is 314 g/mol. The lowest BCUT2D eigenvalue weighted by Gasteiger charge is -2.34. The fourth-order valence-corrected chi connectivity index (χ4v) is 3.51. The minimum absolute atomic E-state index is 0.743. The zero-order valence-electron chi connectivity index (χ0n) is 15.2. The predicted molar refractivity (Wildman–Crippen MR) is 102 cm³/mol. The van der Waals surface area contributed by atoms with Crippen LogP contribution in [0, 0.1) is 0 Å². The van der Waals surface area contributed by atoms with Crippen LogP contribution in [0.1, 0.15) is 32.1 Å². The first-order chi connectivity index (χ1) is 12.3. The Labute approximate surface area is 150 Å².